The average Bonchev–Trinajstić information content (AvgIpc) is 1.99. The number of carbonyl (C=O) groups is 1. The molecule has 1 saturated heterocycles. The van der Waals surface area contributed by atoms with Gasteiger partial charge in [-0.25, -0.2) is 0 Å². The molecule has 0 radical (unpaired) electrons. The third kappa shape index (κ3) is 3.80. The fourth-order valence-electron chi connectivity index (χ4n) is 1.83. The van der Waals surface area contributed by atoms with Gasteiger partial charge in [0.05, 0.1) is 25.2 Å². The van der Waals surface area contributed by atoms with Gasteiger partial charge in [0.1, 0.15) is 0 Å². The molecule has 4 nitrogen and oxygen atoms in total. The highest BCUT2D eigenvalue weighted by atomic mass is 16.7. The summed E-state index contributed by atoms with van der Waals surface area (Å²) in [4.78, 5) is 11.4. The number of rotatable bonds is 3. The molecule has 15 heavy (non-hydrogen) atoms. The van der Waals surface area contributed by atoms with Crippen LogP contribution in [-0.4, -0.2) is 30.6 Å². The van der Waals surface area contributed by atoms with Gasteiger partial charge in [-0.15, -0.1) is 0 Å². The molecule has 1 fully saturated rings. The predicted molar refractivity (Wildman–Crippen MR) is 55.4 cm³/mol. The molecule has 0 aromatic carbocycles. The standard InChI is InChI=1S/C11H20O4/c1-5-13-9(12)8-11(4)6-7-14-10(2,3)15-11/h5-8H2,1-4H3. The van der Waals surface area contributed by atoms with Crippen LogP contribution in [0, 0.1) is 0 Å². The fourth-order valence-corrected chi connectivity index (χ4v) is 1.83. The van der Waals surface area contributed by atoms with E-state index in [2.05, 4.69) is 0 Å². The summed E-state index contributed by atoms with van der Waals surface area (Å²) in [6.45, 7) is 8.46. The van der Waals surface area contributed by atoms with Crippen LogP contribution < -0.4 is 0 Å². The molecule has 0 spiro atoms. The van der Waals surface area contributed by atoms with Crippen molar-refractivity contribution in [1.82, 2.24) is 0 Å². The van der Waals surface area contributed by atoms with E-state index < -0.39 is 11.4 Å². The molecule has 1 rings (SSSR count). The van der Waals surface area contributed by atoms with Crippen LogP contribution in [0.5, 0.6) is 0 Å². The van der Waals surface area contributed by atoms with E-state index >= 15 is 0 Å². The minimum Gasteiger partial charge on any atom is -0.466 e. The smallest absolute Gasteiger partial charge is 0.308 e. The van der Waals surface area contributed by atoms with Crippen molar-refractivity contribution >= 4 is 5.97 Å². The monoisotopic (exact) mass is 216 g/mol. The second-order valence-corrected chi connectivity index (χ2v) is 4.53. The topological polar surface area (TPSA) is 44.8 Å². The zero-order chi connectivity index (χ0) is 11.5. The van der Waals surface area contributed by atoms with Crippen LogP contribution in [-0.2, 0) is 19.0 Å². The highest BCUT2D eigenvalue weighted by molar-refractivity contribution is 5.70. The van der Waals surface area contributed by atoms with E-state index in [1.807, 2.05) is 20.8 Å². The second-order valence-electron chi connectivity index (χ2n) is 4.53. The van der Waals surface area contributed by atoms with Gasteiger partial charge in [-0.3, -0.25) is 4.79 Å². The van der Waals surface area contributed by atoms with E-state index in [0.717, 1.165) is 6.42 Å². The second kappa shape index (κ2) is 4.49. The predicted octanol–water partition coefficient (Wildman–Crippen LogP) is 1.87. The van der Waals surface area contributed by atoms with Crippen LogP contribution >= 0.6 is 0 Å². The maximum absolute atomic E-state index is 11.4. The number of hydrogen-bond donors (Lipinski definition) is 0. The van der Waals surface area contributed by atoms with Crippen molar-refractivity contribution in [3.8, 4) is 0 Å². The normalized spacial score (nSPS) is 29.9. The molecule has 1 heterocycles. The Morgan fingerprint density at radius 2 is 2.07 bits per heavy atom. The zero-order valence-corrected chi connectivity index (χ0v) is 9.96. The molecular formula is C11H20O4. The van der Waals surface area contributed by atoms with Crippen LogP contribution in [0.4, 0.5) is 0 Å². The summed E-state index contributed by atoms with van der Waals surface area (Å²) < 4.78 is 16.1. The molecule has 0 saturated carbocycles. The van der Waals surface area contributed by atoms with Crippen molar-refractivity contribution < 1.29 is 19.0 Å². The molecule has 1 unspecified atom stereocenters. The highest BCUT2D eigenvalue weighted by Gasteiger charge is 2.39. The van der Waals surface area contributed by atoms with Crippen molar-refractivity contribution in [3.05, 3.63) is 0 Å². The largest absolute Gasteiger partial charge is 0.466 e. The van der Waals surface area contributed by atoms with E-state index in [-0.39, 0.29) is 12.4 Å². The zero-order valence-electron chi connectivity index (χ0n) is 9.96. The molecule has 1 atom stereocenters. The molecule has 0 bridgehead atoms. The Bertz CT molecular complexity index is 237. The number of carbonyl (C=O) groups excluding carboxylic acids is 1. The Labute approximate surface area is 90.9 Å². The minimum atomic E-state index is -0.612. The van der Waals surface area contributed by atoms with Gasteiger partial charge >= 0.3 is 5.97 Å². The molecule has 4 heteroatoms. The van der Waals surface area contributed by atoms with E-state index in [1.165, 1.54) is 0 Å². The maximum Gasteiger partial charge on any atom is 0.308 e. The molecule has 0 aromatic rings. The summed E-state index contributed by atoms with van der Waals surface area (Å²) in [5.41, 5.74) is -0.464. The third-order valence-electron chi connectivity index (χ3n) is 2.40. The van der Waals surface area contributed by atoms with Gasteiger partial charge in [0, 0.05) is 6.42 Å². The number of esters is 1. The van der Waals surface area contributed by atoms with Gasteiger partial charge in [0.25, 0.3) is 0 Å². The van der Waals surface area contributed by atoms with Crippen molar-refractivity contribution in [2.24, 2.45) is 0 Å². The molecule has 1 aliphatic rings. The van der Waals surface area contributed by atoms with Crippen LogP contribution in [0.25, 0.3) is 0 Å². The maximum atomic E-state index is 11.4. The quantitative estimate of drug-likeness (QED) is 0.676. The van der Waals surface area contributed by atoms with Gasteiger partial charge < -0.3 is 14.2 Å². The van der Waals surface area contributed by atoms with Crippen LogP contribution in [0.2, 0.25) is 0 Å². The molecule has 0 aromatic heterocycles. The van der Waals surface area contributed by atoms with Crippen molar-refractivity contribution in [2.75, 3.05) is 13.2 Å². The summed E-state index contributed by atoms with van der Waals surface area (Å²) >= 11 is 0. The van der Waals surface area contributed by atoms with Crippen molar-refractivity contribution in [1.29, 1.82) is 0 Å². The lowest BCUT2D eigenvalue weighted by molar-refractivity contribution is -0.306. The van der Waals surface area contributed by atoms with Crippen LogP contribution in [0.15, 0.2) is 0 Å². The Morgan fingerprint density at radius 3 is 2.60 bits per heavy atom. The first kappa shape index (κ1) is 12.5. The van der Waals surface area contributed by atoms with Crippen molar-refractivity contribution in [3.63, 3.8) is 0 Å². The van der Waals surface area contributed by atoms with E-state index in [4.69, 9.17) is 14.2 Å². The van der Waals surface area contributed by atoms with Gasteiger partial charge in [0.15, 0.2) is 5.79 Å². The molecule has 88 valence electrons. The lowest BCUT2D eigenvalue weighted by Crippen LogP contribution is -2.48. The lowest BCUT2D eigenvalue weighted by Gasteiger charge is -2.42. The summed E-state index contributed by atoms with van der Waals surface area (Å²) in [7, 11) is 0. The average molecular weight is 216 g/mol. The van der Waals surface area contributed by atoms with Crippen LogP contribution in [0.1, 0.15) is 40.5 Å². The van der Waals surface area contributed by atoms with E-state index in [1.54, 1.807) is 6.92 Å². The third-order valence-corrected chi connectivity index (χ3v) is 2.40. The van der Waals surface area contributed by atoms with Gasteiger partial charge in [-0.1, -0.05) is 0 Å². The molecule has 0 N–H and O–H groups in total. The van der Waals surface area contributed by atoms with Gasteiger partial charge in [-0.05, 0) is 27.7 Å². The Morgan fingerprint density at radius 1 is 1.40 bits per heavy atom. The molecule has 0 amide bonds. The van der Waals surface area contributed by atoms with Crippen LogP contribution in [0.3, 0.4) is 0 Å². The Kier molecular flexibility index (Phi) is 3.73. The number of hydrogen-bond acceptors (Lipinski definition) is 4. The molecule has 1 aliphatic heterocycles. The first-order valence-corrected chi connectivity index (χ1v) is 5.37. The summed E-state index contributed by atoms with van der Waals surface area (Å²) in [6, 6.07) is 0. The summed E-state index contributed by atoms with van der Waals surface area (Å²) in [5, 5.41) is 0. The van der Waals surface area contributed by atoms with E-state index in [0.29, 0.717) is 13.2 Å². The van der Waals surface area contributed by atoms with Gasteiger partial charge in [0.2, 0.25) is 0 Å². The lowest BCUT2D eigenvalue weighted by atomic mass is 9.96. The minimum absolute atomic E-state index is 0.210. The highest BCUT2D eigenvalue weighted by Crippen LogP contribution is 2.32. The Balaban J connectivity index is 2.54. The molecule has 0 aliphatic carbocycles. The summed E-state index contributed by atoms with van der Waals surface area (Å²) in [6.07, 6.45) is 1.00. The van der Waals surface area contributed by atoms with Gasteiger partial charge in [-0.2, -0.15) is 0 Å². The SMILES string of the molecule is CCOC(=O)CC1(C)CCOC(C)(C)O1. The first-order chi connectivity index (χ1) is 6.87. The first-order valence-electron chi connectivity index (χ1n) is 5.37. The van der Waals surface area contributed by atoms with Crippen molar-refractivity contribution in [2.45, 2.75) is 51.9 Å². The molecular weight excluding hydrogens is 196 g/mol. The fraction of sp³-hybridized carbons (Fsp3) is 0.909. The number of ether oxygens (including phenoxy) is 3. The Hall–Kier alpha value is -0.610. The van der Waals surface area contributed by atoms with E-state index in [9.17, 15) is 4.79 Å². The summed E-state index contributed by atoms with van der Waals surface area (Å²) in [5.74, 6) is -0.822.